The van der Waals surface area contributed by atoms with E-state index in [0.29, 0.717) is 13.0 Å². The van der Waals surface area contributed by atoms with E-state index < -0.39 is 21.1 Å². The van der Waals surface area contributed by atoms with Crippen molar-refractivity contribution in [2.24, 2.45) is 5.73 Å². The smallest absolute Gasteiger partial charge is 0.273 e. The van der Waals surface area contributed by atoms with E-state index in [4.69, 9.17) is 5.73 Å². The second kappa shape index (κ2) is 6.08. The highest BCUT2D eigenvalue weighted by Gasteiger charge is 2.33. The van der Waals surface area contributed by atoms with Gasteiger partial charge in [-0.15, -0.1) is 0 Å². The summed E-state index contributed by atoms with van der Waals surface area (Å²) in [6.45, 7) is 1.81. The quantitative estimate of drug-likeness (QED) is 0.676. The molecule has 1 atom stereocenters. The Balaban J connectivity index is 2.48. The molecule has 1 fully saturated rings. The number of hydrogen-bond acceptors (Lipinski definition) is 5. The zero-order chi connectivity index (χ0) is 15.6. The number of benzene rings is 1. The molecule has 0 saturated carbocycles. The van der Waals surface area contributed by atoms with E-state index in [1.54, 1.807) is 0 Å². The van der Waals surface area contributed by atoms with Crippen molar-refractivity contribution in [2.75, 3.05) is 6.54 Å². The van der Waals surface area contributed by atoms with Crippen LogP contribution in [0, 0.1) is 17.0 Å². The highest BCUT2D eigenvalue weighted by atomic mass is 32.2. The van der Waals surface area contributed by atoms with Crippen molar-refractivity contribution in [1.82, 2.24) is 4.31 Å². The van der Waals surface area contributed by atoms with Gasteiger partial charge in [0.15, 0.2) is 0 Å². The van der Waals surface area contributed by atoms with Gasteiger partial charge in [-0.1, -0.05) is 18.9 Å². The summed E-state index contributed by atoms with van der Waals surface area (Å²) in [4.78, 5) is 10.4. The summed E-state index contributed by atoms with van der Waals surface area (Å²) < 4.78 is 26.8. The van der Waals surface area contributed by atoms with Crippen LogP contribution in [0.4, 0.5) is 5.69 Å². The van der Waals surface area contributed by atoms with Crippen LogP contribution in [0.25, 0.3) is 0 Å². The molecule has 0 aromatic heterocycles. The van der Waals surface area contributed by atoms with E-state index in [1.807, 2.05) is 0 Å². The number of nitrogens with two attached hydrogens (primary N) is 1. The summed E-state index contributed by atoms with van der Waals surface area (Å²) in [6, 6.07) is 4.09. The first-order chi connectivity index (χ1) is 9.85. The van der Waals surface area contributed by atoms with Crippen LogP contribution in [0.3, 0.4) is 0 Å². The SMILES string of the molecule is Cc1c([N+](=O)[O-])cccc1S(=O)(=O)N1CCCCCC1N. The van der Waals surface area contributed by atoms with E-state index in [-0.39, 0.29) is 16.1 Å². The van der Waals surface area contributed by atoms with Crippen LogP contribution in [0.15, 0.2) is 23.1 Å². The fourth-order valence-electron chi connectivity index (χ4n) is 2.61. The van der Waals surface area contributed by atoms with Crippen molar-refractivity contribution in [1.29, 1.82) is 0 Å². The molecule has 116 valence electrons. The molecule has 1 aliphatic heterocycles. The minimum Gasteiger partial charge on any atom is -0.315 e. The predicted octanol–water partition coefficient (Wildman–Crippen LogP) is 1.75. The summed E-state index contributed by atoms with van der Waals surface area (Å²) in [5, 5.41) is 11.0. The molecule has 1 aromatic carbocycles. The number of nitro groups is 1. The minimum absolute atomic E-state index is 0.0333. The lowest BCUT2D eigenvalue weighted by Crippen LogP contribution is -2.45. The maximum absolute atomic E-state index is 12.8. The van der Waals surface area contributed by atoms with Crippen LogP contribution in [0.2, 0.25) is 0 Å². The molecule has 7 nitrogen and oxygen atoms in total. The van der Waals surface area contributed by atoms with Gasteiger partial charge in [-0.2, -0.15) is 4.31 Å². The van der Waals surface area contributed by atoms with Gasteiger partial charge in [0.05, 0.1) is 16.0 Å². The summed E-state index contributed by atoms with van der Waals surface area (Å²) in [5.41, 5.74) is 5.92. The molecule has 0 bridgehead atoms. The molecule has 0 amide bonds. The zero-order valence-corrected chi connectivity index (χ0v) is 12.7. The highest BCUT2D eigenvalue weighted by Crippen LogP contribution is 2.29. The average Bonchev–Trinajstić information content (AvgIpc) is 2.63. The molecule has 2 N–H and O–H groups in total. The van der Waals surface area contributed by atoms with E-state index in [9.17, 15) is 18.5 Å². The van der Waals surface area contributed by atoms with Crippen LogP contribution < -0.4 is 5.73 Å². The lowest BCUT2D eigenvalue weighted by Gasteiger charge is -2.26. The fourth-order valence-corrected chi connectivity index (χ4v) is 4.44. The maximum atomic E-state index is 12.8. The molecule has 0 radical (unpaired) electrons. The lowest BCUT2D eigenvalue weighted by atomic mass is 10.2. The van der Waals surface area contributed by atoms with E-state index in [2.05, 4.69) is 0 Å². The molecule has 1 aliphatic rings. The van der Waals surface area contributed by atoms with Crippen molar-refractivity contribution < 1.29 is 13.3 Å². The number of hydrogen-bond donors (Lipinski definition) is 1. The van der Waals surface area contributed by atoms with E-state index >= 15 is 0 Å². The second-order valence-electron chi connectivity index (χ2n) is 5.19. The number of nitro benzene ring substituents is 1. The summed E-state index contributed by atoms with van der Waals surface area (Å²) >= 11 is 0. The first kappa shape index (κ1) is 15.9. The van der Waals surface area contributed by atoms with Gasteiger partial charge in [0.2, 0.25) is 10.0 Å². The Kier molecular flexibility index (Phi) is 4.60. The van der Waals surface area contributed by atoms with Crippen molar-refractivity contribution in [3.63, 3.8) is 0 Å². The largest absolute Gasteiger partial charge is 0.315 e. The van der Waals surface area contributed by atoms with Gasteiger partial charge in [-0.05, 0) is 25.8 Å². The summed E-state index contributed by atoms with van der Waals surface area (Å²) in [6.07, 6.45) is 2.61. The molecule has 1 heterocycles. The van der Waals surface area contributed by atoms with Gasteiger partial charge in [0.1, 0.15) is 0 Å². The molecule has 1 aromatic rings. The molecule has 2 rings (SSSR count). The molecular weight excluding hydrogens is 294 g/mol. The molecule has 0 spiro atoms. The lowest BCUT2D eigenvalue weighted by molar-refractivity contribution is -0.385. The molecule has 21 heavy (non-hydrogen) atoms. The van der Waals surface area contributed by atoms with Crippen molar-refractivity contribution in [3.05, 3.63) is 33.9 Å². The molecule has 0 aliphatic carbocycles. The molecular formula is C13H19N3O4S. The van der Waals surface area contributed by atoms with Crippen molar-refractivity contribution >= 4 is 15.7 Å². The number of nitrogens with zero attached hydrogens (tertiary/aromatic N) is 2. The maximum Gasteiger partial charge on any atom is 0.273 e. The molecule has 1 saturated heterocycles. The minimum atomic E-state index is -3.82. The third-order valence-electron chi connectivity index (χ3n) is 3.79. The third kappa shape index (κ3) is 3.07. The summed E-state index contributed by atoms with van der Waals surface area (Å²) in [5.74, 6) is 0. The normalized spacial score (nSPS) is 21.0. The van der Waals surface area contributed by atoms with Gasteiger partial charge >= 0.3 is 0 Å². The monoisotopic (exact) mass is 313 g/mol. The van der Waals surface area contributed by atoms with Gasteiger partial charge in [0.25, 0.3) is 5.69 Å². The Morgan fingerprint density at radius 1 is 1.33 bits per heavy atom. The van der Waals surface area contributed by atoms with Crippen LogP contribution >= 0.6 is 0 Å². The van der Waals surface area contributed by atoms with Gasteiger partial charge in [-0.3, -0.25) is 10.1 Å². The Morgan fingerprint density at radius 3 is 2.71 bits per heavy atom. The molecule has 8 heteroatoms. The summed E-state index contributed by atoms with van der Waals surface area (Å²) in [7, 11) is -3.82. The van der Waals surface area contributed by atoms with E-state index in [1.165, 1.54) is 29.4 Å². The topological polar surface area (TPSA) is 107 Å². The van der Waals surface area contributed by atoms with Gasteiger partial charge in [-0.25, -0.2) is 8.42 Å². The van der Waals surface area contributed by atoms with Crippen molar-refractivity contribution in [3.8, 4) is 0 Å². The van der Waals surface area contributed by atoms with Crippen LogP contribution in [-0.4, -0.2) is 30.4 Å². The van der Waals surface area contributed by atoms with Crippen LogP contribution in [0.1, 0.15) is 31.2 Å². The van der Waals surface area contributed by atoms with Crippen LogP contribution in [0.5, 0.6) is 0 Å². The number of rotatable bonds is 3. The zero-order valence-electron chi connectivity index (χ0n) is 11.9. The Morgan fingerprint density at radius 2 is 2.05 bits per heavy atom. The number of sulfonamides is 1. The third-order valence-corrected chi connectivity index (χ3v) is 5.86. The van der Waals surface area contributed by atoms with E-state index in [0.717, 1.165) is 19.3 Å². The first-order valence-corrected chi connectivity index (χ1v) is 8.31. The Labute approximate surface area is 123 Å². The highest BCUT2D eigenvalue weighted by molar-refractivity contribution is 7.89. The van der Waals surface area contributed by atoms with Gasteiger partial charge < -0.3 is 5.73 Å². The second-order valence-corrected chi connectivity index (χ2v) is 7.05. The van der Waals surface area contributed by atoms with Gasteiger partial charge in [0, 0.05) is 18.2 Å². The predicted molar refractivity (Wildman–Crippen MR) is 78.2 cm³/mol. The Hall–Kier alpha value is -1.51. The fraction of sp³-hybridized carbons (Fsp3) is 0.538. The van der Waals surface area contributed by atoms with Crippen LogP contribution in [-0.2, 0) is 10.0 Å². The van der Waals surface area contributed by atoms with Crippen molar-refractivity contribution in [2.45, 2.75) is 43.7 Å². The standard InChI is InChI=1S/C13H19N3O4S/c1-10-11(16(17)18)6-5-7-12(10)21(19,20)15-9-4-2-3-8-13(15)14/h5-7,13H,2-4,8-9,14H2,1H3. The Bertz CT molecular complexity index is 645. The molecule has 1 unspecified atom stereocenters. The average molecular weight is 313 g/mol. The first-order valence-electron chi connectivity index (χ1n) is 6.87.